The maximum absolute atomic E-state index is 10.2. The Balaban J connectivity index is 2.15. The average Bonchev–Trinajstić information content (AvgIpc) is 2.59. The third kappa shape index (κ3) is 4.90. The van der Waals surface area contributed by atoms with Gasteiger partial charge in [-0.15, -0.1) is 0 Å². The second-order valence-corrected chi connectivity index (χ2v) is 6.27. The van der Waals surface area contributed by atoms with Gasteiger partial charge in [0, 0.05) is 6.54 Å². The predicted molar refractivity (Wildman–Crippen MR) is 94.4 cm³/mol. The summed E-state index contributed by atoms with van der Waals surface area (Å²) in [5.74, 6) is 0. The van der Waals surface area contributed by atoms with Crippen molar-refractivity contribution in [2.24, 2.45) is 0 Å². The highest BCUT2D eigenvalue weighted by molar-refractivity contribution is 5.37. The molecule has 0 saturated heterocycles. The molecular weight excluding hydrogens is 286 g/mol. The van der Waals surface area contributed by atoms with Crippen LogP contribution in [-0.2, 0) is 10.3 Å². The third-order valence-corrected chi connectivity index (χ3v) is 4.02. The van der Waals surface area contributed by atoms with Crippen LogP contribution >= 0.6 is 0 Å². The number of nitrogens with one attached hydrogen (secondary N) is 1. The predicted octanol–water partition coefficient (Wildman–Crippen LogP) is 3.33. The lowest BCUT2D eigenvalue weighted by Gasteiger charge is -2.33. The molecule has 0 spiro atoms. The van der Waals surface area contributed by atoms with Gasteiger partial charge in [-0.25, -0.2) is 0 Å². The van der Waals surface area contributed by atoms with Gasteiger partial charge in [-0.2, -0.15) is 0 Å². The monoisotopic (exact) mass is 313 g/mol. The maximum Gasteiger partial charge on any atom is 0.0898 e. The molecular formula is C20H27NO2. The lowest BCUT2D eigenvalue weighted by atomic mass is 9.84. The minimum atomic E-state index is -0.538. The molecule has 0 heterocycles. The molecule has 0 radical (unpaired) electrons. The highest BCUT2D eigenvalue weighted by atomic mass is 16.5. The van der Waals surface area contributed by atoms with Gasteiger partial charge < -0.3 is 15.2 Å². The Morgan fingerprint density at radius 1 is 0.957 bits per heavy atom. The second kappa shape index (κ2) is 8.25. The van der Waals surface area contributed by atoms with E-state index in [0.29, 0.717) is 13.2 Å². The van der Waals surface area contributed by atoms with E-state index < -0.39 is 6.10 Å². The van der Waals surface area contributed by atoms with Crippen LogP contribution in [0.15, 0.2) is 60.7 Å². The van der Waals surface area contributed by atoms with Crippen molar-refractivity contribution in [3.8, 4) is 0 Å². The van der Waals surface area contributed by atoms with E-state index in [-0.39, 0.29) is 11.6 Å². The number of benzene rings is 2. The Hall–Kier alpha value is -1.68. The highest BCUT2D eigenvalue weighted by Crippen LogP contribution is 2.28. The first-order valence-electron chi connectivity index (χ1n) is 8.18. The van der Waals surface area contributed by atoms with Crippen molar-refractivity contribution in [3.05, 3.63) is 71.8 Å². The Morgan fingerprint density at radius 2 is 1.43 bits per heavy atom. The SMILES string of the molecule is CC(C)OCC(O)CNC(C)(c1ccccc1)c1ccccc1. The lowest BCUT2D eigenvalue weighted by Crippen LogP contribution is -2.45. The van der Waals surface area contributed by atoms with Crippen molar-refractivity contribution in [2.45, 2.75) is 38.5 Å². The molecule has 0 aliphatic rings. The molecule has 0 aromatic heterocycles. The van der Waals surface area contributed by atoms with Crippen LogP contribution in [-0.4, -0.2) is 30.5 Å². The zero-order valence-electron chi connectivity index (χ0n) is 14.2. The van der Waals surface area contributed by atoms with E-state index in [1.54, 1.807) is 0 Å². The Morgan fingerprint density at radius 3 is 1.87 bits per heavy atom. The van der Waals surface area contributed by atoms with Crippen LogP contribution in [0.4, 0.5) is 0 Å². The summed E-state index contributed by atoms with van der Waals surface area (Å²) in [5, 5.41) is 13.7. The molecule has 23 heavy (non-hydrogen) atoms. The van der Waals surface area contributed by atoms with Gasteiger partial charge in [0.2, 0.25) is 0 Å². The van der Waals surface area contributed by atoms with E-state index in [9.17, 15) is 5.11 Å². The number of ether oxygens (including phenoxy) is 1. The van der Waals surface area contributed by atoms with E-state index in [0.717, 1.165) is 0 Å². The number of aliphatic hydroxyl groups excluding tert-OH is 1. The topological polar surface area (TPSA) is 41.5 Å². The van der Waals surface area contributed by atoms with Gasteiger partial charge in [0.25, 0.3) is 0 Å². The lowest BCUT2D eigenvalue weighted by molar-refractivity contribution is 0.00435. The minimum absolute atomic E-state index is 0.124. The van der Waals surface area contributed by atoms with Crippen molar-refractivity contribution >= 4 is 0 Å². The number of aliphatic hydroxyl groups is 1. The van der Waals surface area contributed by atoms with Crippen LogP contribution in [0.25, 0.3) is 0 Å². The quantitative estimate of drug-likeness (QED) is 0.785. The van der Waals surface area contributed by atoms with Gasteiger partial charge in [0.05, 0.1) is 24.4 Å². The molecule has 0 amide bonds. The Labute approximate surface area is 139 Å². The van der Waals surface area contributed by atoms with Crippen LogP contribution in [0.1, 0.15) is 31.9 Å². The highest BCUT2D eigenvalue weighted by Gasteiger charge is 2.28. The molecule has 0 aliphatic heterocycles. The molecule has 2 aromatic rings. The molecule has 0 aliphatic carbocycles. The smallest absolute Gasteiger partial charge is 0.0898 e. The standard InChI is InChI=1S/C20H27NO2/c1-16(2)23-15-19(22)14-21-20(3,17-10-6-4-7-11-17)18-12-8-5-9-13-18/h4-13,16,19,21-22H,14-15H2,1-3H3. The first-order valence-corrected chi connectivity index (χ1v) is 8.18. The van der Waals surface area contributed by atoms with Gasteiger partial charge in [-0.05, 0) is 31.9 Å². The van der Waals surface area contributed by atoms with Gasteiger partial charge in [-0.1, -0.05) is 60.7 Å². The Kier molecular flexibility index (Phi) is 6.34. The maximum atomic E-state index is 10.2. The molecule has 2 aromatic carbocycles. The summed E-state index contributed by atoms with van der Waals surface area (Å²) in [6, 6.07) is 20.6. The number of hydrogen-bond acceptors (Lipinski definition) is 3. The fourth-order valence-electron chi connectivity index (χ4n) is 2.60. The molecule has 1 unspecified atom stereocenters. The summed E-state index contributed by atoms with van der Waals surface area (Å²) >= 11 is 0. The molecule has 124 valence electrons. The summed E-state index contributed by atoms with van der Waals surface area (Å²) in [6.45, 7) is 6.89. The van der Waals surface area contributed by atoms with Crippen LogP contribution < -0.4 is 5.32 Å². The van der Waals surface area contributed by atoms with Crippen LogP contribution in [0.5, 0.6) is 0 Å². The Bertz CT molecular complexity index is 529. The van der Waals surface area contributed by atoms with E-state index in [2.05, 4.69) is 36.5 Å². The molecule has 1 atom stereocenters. The van der Waals surface area contributed by atoms with Gasteiger partial charge in [0.15, 0.2) is 0 Å². The van der Waals surface area contributed by atoms with E-state index >= 15 is 0 Å². The number of hydrogen-bond donors (Lipinski definition) is 2. The summed E-state index contributed by atoms with van der Waals surface area (Å²) in [5.41, 5.74) is 1.98. The molecule has 2 rings (SSSR count). The van der Waals surface area contributed by atoms with Crippen molar-refractivity contribution in [1.29, 1.82) is 0 Å². The van der Waals surface area contributed by atoms with E-state index in [4.69, 9.17) is 4.74 Å². The molecule has 0 bridgehead atoms. The molecule has 3 heteroatoms. The fourth-order valence-corrected chi connectivity index (χ4v) is 2.60. The normalized spacial score (nSPS) is 13.3. The van der Waals surface area contributed by atoms with Crippen LogP contribution in [0, 0.1) is 0 Å². The third-order valence-electron chi connectivity index (χ3n) is 4.02. The molecule has 0 saturated carbocycles. The zero-order valence-corrected chi connectivity index (χ0v) is 14.2. The molecule has 2 N–H and O–H groups in total. The zero-order chi connectivity index (χ0) is 16.7. The summed E-state index contributed by atoms with van der Waals surface area (Å²) < 4.78 is 5.49. The van der Waals surface area contributed by atoms with Crippen molar-refractivity contribution in [1.82, 2.24) is 5.32 Å². The molecule has 3 nitrogen and oxygen atoms in total. The average molecular weight is 313 g/mol. The van der Waals surface area contributed by atoms with Crippen molar-refractivity contribution < 1.29 is 9.84 Å². The van der Waals surface area contributed by atoms with Crippen LogP contribution in [0.3, 0.4) is 0 Å². The van der Waals surface area contributed by atoms with Crippen LogP contribution in [0.2, 0.25) is 0 Å². The number of rotatable bonds is 8. The minimum Gasteiger partial charge on any atom is -0.389 e. The summed E-state index contributed by atoms with van der Waals surface area (Å²) in [7, 11) is 0. The largest absolute Gasteiger partial charge is 0.389 e. The molecule has 0 fully saturated rings. The second-order valence-electron chi connectivity index (χ2n) is 6.27. The van der Waals surface area contributed by atoms with Gasteiger partial charge in [0.1, 0.15) is 0 Å². The van der Waals surface area contributed by atoms with Crippen molar-refractivity contribution in [3.63, 3.8) is 0 Å². The first kappa shape index (κ1) is 17.7. The summed E-state index contributed by atoms with van der Waals surface area (Å²) in [4.78, 5) is 0. The van der Waals surface area contributed by atoms with Gasteiger partial charge in [-0.3, -0.25) is 0 Å². The van der Waals surface area contributed by atoms with E-state index in [1.807, 2.05) is 50.2 Å². The van der Waals surface area contributed by atoms with Gasteiger partial charge >= 0.3 is 0 Å². The van der Waals surface area contributed by atoms with E-state index in [1.165, 1.54) is 11.1 Å². The fraction of sp³-hybridized carbons (Fsp3) is 0.400. The summed E-state index contributed by atoms with van der Waals surface area (Å²) in [6.07, 6.45) is -0.413. The first-order chi connectivity index (χ1) is 11.0. The van der Waals surface area contributed by atoms with Crippen molar-refractivity contribution in [2.75, 3.05) is 13.2 Å².